The molecular weight excluding hydrogens is 524 g/mol. The number of quaternary nitrogens is 3. The van der Waals surface area contributed by atoms with E-state index in [0.29, 0.717) is 37.5 Å². The standard InChI is InChI=1S/C27H34N4O9/c1-17(2)11-22-21-15-26(39-16-18-7-5-4-6-8-18)25(38-3)12-19(21)9-10-28(22)40-27-23(30(34)35)13-20(29(32)33)14-24(27)31(36)37/h4-8,12-15,17,22,29-32,34,36H,9-11,16H2,1-3H3/t22-/m0/s1. The summed E-state index contributed by atoms with van der Waals surface area (Å²) in [5, 5.41) is 61.8. The summed E-state index contributed by atoms with van der Waals surface area (Å²) in [4.78, 5) is 6.08. The number of benzene rings is 3. The summed E-state index contributed by atoms with van der Waals surface area (Å²) in [6.45, 7) is 4.73. The molecule has 0 fully saturated rings. The molecule has 1 aliphatic heterocycles. The Kier molecular flexibility index (Phi) is 9.55. The smallest absolute Gasteiger partial charge is 0.275 e. The molecule has 3 unspecified atom stereocenters. The number of hydroxylamine groups is 2. The molecule has 0 saturated carbocycles. The molecule has 0 bridgehead atoms. The lowest BCUT2D eigenvalue weighted by Crippen LogP contribution is -3.02. The molecule has 40 heavy (non-hydrogen) atoms. The molecule has 0 aliphatic carbocycles. The Morgan fingerprint density at radius 1 is 0.925 bits per heavy atom. The highest BCUT2D eigenvalue weighted by atomic mass is 16.8. The van der Waals surface area contributed by atoms with E-state index in [9.17, 15) is 31.2 Å². The third-order valence-electron chi connectivity index (χ3n) is 6.67. The fourth-order valence-electron chi connectivity index (χ4n) is 4.78. The lowest BCUT2D eigenvalue weighted by molar-refractivity contribution is -1.00. The minimum Gasteiger partial charge on any atom is -0.595 e. The van der Waals surface area contributed by atoms with Crippen LogP contribution in [0.25, 0.3) is 0 Å². The second-order valence-corrected chi connectivity index (χ2v) is 9.92. The van der Waals surface area contributed by atoms with Crippen molar-refractivity contribution in [2.24, 2.45) is 5.92 Å². The molecule has 216 valence electrons. The zero-order valence-electron chi connectivity index (χ0n) is 22.4. The van der Waals surface area contributed by atoms with Crippen molar-refractivity contribution in [1.29, 1.82) is 0 Å². The molecule has 0 aromatic heterocycles. The lowest BCUT2D eigenvalue weighted by Gasteiger charge is -2.38. The molecule has 0 radical (unpaired) electrons. The van der Waals surface area contributed by atoms with Crippen molar-refractivity contribution < 1.29 is 45.6 Å². The lowest BCUT2D eigenvalue weighted by atomic mass is 9.88. The van der Waals surface area contributed by atoms with E-state index in [0.717, 1.165) is 28.8 Å². The maximum atomic E-state index is 12.1. The van der Waals surface area contributed by atoms with E-state index < -0.39 is 38.5 Å². The third kappa shape index (κ3) is 6.68. The van der Waals surface area contributed by atoms with E-state index in [2.05, 4.69) is 0 Å². The zero-order chi connectivity index (χ0) is 29.0. The minimum absolute atomic E-state index is 0.199. The van der Waals surface area contributed by atoms with Crippen molar-refractivity contribution in [3.8, 4) is 17.2 Å². The van der Waals surface area contributed by atoms with Gasteiger partial charge in [0.2, 0.25) is 11.4 Å². The Morgan fingerprint density at radius 2 is 1.57 bits per heavy atom. The fraction of sp³-hybridized carbons (Fsp3) is 0.333. The molecule has 1 aliphatic rings. The second kappa shape index (κ2) is 12.9. The van der Waals surface area contributed by atoms with Gasteiger partial charge in [-0.1, -0.05) is 44.2 Å². The predicted molar refractivity (Wildman–Crippen MR) is 141 cm³/mol. The number of hydrogen-bond acceptors (Lipinski definition) is 10. The highest BCUT2D eigenvalue weighted by Crippen LogP contribution is 2.42. The van der Waals surface area contributed by atoms with Gasteiger partial charge < -0.3 is 29.9 Å². The van der Waals surface area contributed by atoms with Gasteiger partial charge in [-0.05, 0) is 47.6 Å². The number of nitrogens with one attached hydrogen (secondary N) is 3. The number of ether oxygens (including phenoxy) is 2. The van der Waals surface area contributed by atoms with Crippen molar-refractivity contribution in [2.45, 2.75) is 39.3 Å². The van der Waals surface area contributed by atoms with Gasteiger partial charge in [0.05, 0.1) is 25.3 Å². The Balaban J connectivity index is 1.73. The monoisotopic (exact) mass is 558 g/mol. The predicted octanol–water partition coefficient (Wildman–Crippen LogP) is 1.42. The van der Waals surface area contributed by atoms with Gasteiger partial charge in [-0.15, -0.1) is 5.06 Å². The summed E-state index contributed by atoms with van der Waals surface area (Å²) >= 11 is 0. The van der Waals surface area contributed by atoms with Gasteiger partial charge in [-0.25, -0.2) is 15.6 Å². The van der Waals surface area contributed by atoms with E-state index >= 15 is 0 Å². The van der Waals surface area contributed by atoms with Crippen LogP contribution in [0.3, 0.4) is 0 Å². The number of methoxy groups -OCH3 is 1. The first-order valence-electron chi connectivity index (χ1n) is 12.8. The van der Waals surface area contributed by atoms with Crippen LogP contribution in [0.15, 0.2) is 54.6 Å². The summed E-state index contributed by atoms with van der Waals surface area (Å²) in [5.41, 5.74) is 1.32. The number of rotatable bonds is 11. The van der Waals surface area contributed by atoms with Crippen LogP contribution in [0.2, 0.25) is 0 Å². The first kappa shape index (κ1) is 29.6. The quantitative estimate of drug-likeness (QED) is 0.189. The van der Waals surface area contributed by atoms with Gasteiger partial charge in [-0.2, -0.15) is 15.7 Å². The summed E-state index contributed by atoms with van der Waals surface area (Å²) in [6.07, 6.45) is 1.12. The largest absolute Gasteiger partial charge is 0.595 e. The van der Waals surface area contributed by atoms with Gasteiger partial charge in [0, 0.05) is 6.54 Å². The molecular formula is C27H34N4O9. The maximum Gasteiger partial charge on any atom is 0.275 e. The molecule has 3 aromatic rings. The average Bonchev–Trinajstić information content (AvgIpc) is 2.92. The number of hydrogen-bond donors (Lipinski definition) is 6. The van der Waals surface area contributed by atoms with E-state index in [1.165, 1.54) is 0 Å². The van der Waals surface area contributed by atoms with E-state index in [-0.39, 0.29) is 12.0 Å². The van der Waals surface area contributed by atoms with Crippen LogP contribution in [0.5, 0.6) is 17.2 Å². The van der Waals surface area contributed by atoms with Crippen LogP contribution in [0, 0.1) is 21.5 Å². The van der Waals surface area contributed by atoms with Crippen LogP contribution in [0.4, 0.5) is 17.1 Å². The molecule has 0 spiro atoms. The van der Waals surface area contributed by atoms with E-state index in [4.69, 9.17) is 14.3 Å². The van der Waals surface area contributed by atoms with E-state index in [1.54, 1.807) is 12.2 Å². The minimum atomic E-state index is -1.50. The average molecular weight is 559 g/mol. The second-order valence-electron chi connectivity index (χ2n) is 9.92. The van der Waals surface area contributed by atoms with Crippen molar-refractivity contribution in [3.63, 3.8) is 0 Å². The summed E-state index contributed by atoms with van der Waals surface area (Å²) < 4.78 is 11.7. The molecule has 1 heterocycles. The van der Waals surface area contributed by atoms with Crippen molar-refractivity contribution in [1.82, 2.24) is 5.06 Å². The summed E-state index contributed by atoms with van der Waals surface area (Å²) in [6, 6.07) is 14.9. The molecule has 0 amide bonds. The molecule has 6 N–H and O–H groups in total. The summed E-state index contributed by atoms with van der Waals surface area (Å²) in [5.74, 6) is 0.892. The normalized spacial score (nSPS) is 17.7. The highest BCUT2D eigenvalue weighted by Gasteiger charge is 2.35. The summed E-state index contributed by atoms with van der Waals surface area (Å²) in [7, 11) is 1.57. The molecule has 4 atom stereocenters. The van der Waals surface area contributed by atoms with E-state index in [1.807, 2.05) is 56.3 Å². The topological polar surface area (TPSA) is 174 Å². The van der Waals surface area contributed by atoms with Gasteiger partial charge in [0.1, 0.15) is 6.61 Å². The molecule has 4 rings (SSSR count). The van der Waals surface area contributed by atoms with Crippen molar-refractivity contribution in [3.05, 3.63) is 86.9 Å². The maximum absolute atomic E-state index is 12.1. The SMILES string of the molecule is COc1cc2c(cc1OCc1ccccc1)[C@H](CC(C)C)N(Oc1c([NH+]([O-])O)cc([NH+]([O-])O)cc1[NH+]([O-])O)CC2. The molecule has 13 heteroatoms. The van der Waals surface area contributed by atoms with Gasteiger partial charge in [0.25, 0.3) is 5.75 Å². The van der Waals surface area contributed by atoms with Gasteiger partial charge >= 0.3 is 0 Å². The molecule has 3 aromatic carbocycles. The highest BCUT2D eigenvalue weighted by molar-refractivity contribution is 5.65. The van der Waals surface area contributed by atoms with Crippen LogP contribution in [-0.2, 0) is 13.0 Å². The number of fused-ring (bicyclic) bond motifs is 1. The third-order valence-corrected chi connectivity index (χ3v) is 6.67. The molecule has 0 saturated heterocycles. The van der Waals surface area contributed by atoms with Crippen LogP contribution < -0.4 is 30.0 Å². The fourth-order valence-corrected chi connectivity index (χ4v) is 4.78. The van der Waals surface area contributed by atoms with Crippen LogP contribution in [-0.4, -0.2) is 34.3 Å². The number of nitrogens with zero attached hydrogens (tertiary/aromatic N) is 1. The first-order valence-corrected chi connectivity index (χ1v) is 12.8. The van der Waals surface area contributed by atoms with Crippen LogP contribution >= 0.6 is 0 Å². The zero-order valence-corrected chi connectivity index (χ0v) is 22.4. The Bertz CT molecular complexity index is 1260. The first-order chi connectivity index (χ1) is 19.1. The van der Waals surface area contributed by atoms with Gasteiger partial charge in [0.15, 0.2) is 17.2 Å². The van der Waals surface area contributed by atoms with Gasteiger partial charge in [-0.3, -0.25) is 0 Å². The van der Waals surface area contributed by atoms with Crippen molar-refractivity contribution >= 4 is 17.1 Å². The van der Waals surface area contributed by atoms with Crippen LogP contribution in [0.1, 0.15) is 43.0 Å². The Hall–Kier alpha value is -3.34. The Morgan fingerprint density at radius 3 is 2.12 bits per heavy atom. The van der Waals surface area contributed by atoms with Crippen molar-refractivity contribution in [2.75, 3.05) is 13.7 Å². The molecule has 13 nitrogen and oxygen atoms in total. The Labute approximate surface area is 231 Å².